The number of benzene rings is 1. The molecule has 0 bridgehead atoms. The number of likely N-dealkylation sites (tertiary alicyclic amines) is 1. The van der Waals surface area contributed by atoms with Crippen molar-refractivity contribution in [1.29, 1.82) is 0 Å². The lowest BCUT2D eigenvalue weighted by Crippen LogP contribution is -2.44. The fourth-order valence-corrected chi connectivity index (χ4v) is 3.77. The predicted octanol–water partition coefficient (Wildman–Crippen LogP) is 2.97. The van der Waals surface area contributed by atoms with Gasteiger partial charge in [0.05, 0.1) is 26.7 Å². The maximum absolute atomic E-state index is 13.3. The Morgan fingerprint density at radius 1 is 1.17 bits per heavy atom. The molecule has 1 amide bonds. The van der Waals surface area contributed by atoms with Crippen molar-refractivity contribution in [2.45, 2.75) is 46.1 Å². The van der Waals surface area contributed by atoms with Gasteiger partial charge >= 0.3 is 5.97 Å². The van der Waals surface area contributed by atoms with E-state index in [0.717, 1.165) is 25.9 Å². The summed E-state index contributed by atoms with van der Waals surface area (Å²) in [5.41, 5.74) is 0.527. The summed E-state index contributed by atoms with van der Waals surface area (Å²) in [7, 11) is 1.57. The van der Waals surface area contributed by atoms with Crippen LogP contribution in [-0.4, -0.2) is 74.2 Å². The number of esters is 1. The third-order valence-electron chi connectivity index (χ3n) is 5.23. The Balaban J connectivity index is 2.20. The highest BCUT2D eigenvalue weighted by Crippen LogP contribution is 2.29. The quantitative estimate of drug-likeness (QED) is 0.526. The van der Waals surface area contributed by atoms with Gasteiger partial charge in [-0.1, -0.05) is 6.92 Å². The molecule has 162 valence electrons. The Morgan fingerprint density at radius 2 is 1.97 bits per heavy atom. The van der Waals surface area contributed by atoms with E-state index < -0.39 is 0 Å². The van der Waals surface area contributed by atoms with Crippen LogP contribution in [0.3, 0.4) is 0 Å². The third kappa shape index (κ3) is 6.35. The van der Waals surface area contributed by atoms with Crippen molar-refractivity contribution in [1.82, 2.24) is 9.80 Å². The van der Waals surface area contributed by atoms with E-state index in [1.165, 1.54) is 0 Å². The summed E-state index contributed by atoms with van der Waals surface area (Å²) in [6.07, 6.45) is 2.38. The molecule has 7 heteroatoms. The van der Waals surface area contributed by atoms with Crippen LogP contribution in [0.5, 0.6) is 11.5 Å². The molecule has 29 heavy (non-hydrogen) atoms. The van der Waals surface area contributed by atoms with Crippen molar-refractivity contribution in [3.05, 3.63) is 23.8 Å². The third-order valence-corrected chi connectivity index (χ3v) is 5.23. The van der Waals surface area contributed by atoms with Gasteiger partial charge in [0.25, 0.3) is 5.91 Å². The lowest BCUT2D eigenvalue weighted by atomic mass is 10.1. The van der Waals surface area contributed by atoms with Crippen molar-refractivity contribution < 1.29 is 23.8 Å². The van der Waals surface area contributed by atoms with E-state index in [4.69, 9.17) is 14.2 Å². The summed E-state index contributed by atoms with van der Waals surface area (Å²) in [5.74, 6) is 0.742. The average Bonchev–Trinajstić information content (AvgIpc) is 3.18. The van der Waals surface area contributed by atoms with E-state index in [9.17, 15) is 9.59 Å². The molecule has 0 spiro atoms. The Kier molecular flexibility index (Phi) is 9.25. The molecule has 7 nitrogen and oxygen atoms in total. The zero-order valence-corrected chi connectivity index (χ0v) is 18.1. The van der Waals surface area contributed by atoms with E-state index in [0.29, 0.717) is 49.4 Å². The highest BCUT2D eigenvalue weighted by atomic mass is 16.5. The number of likely N-dealkylation sites (N-methyl/N-ethyl adjacent to an activating group) is 1. The van der Waals surface area contributed by atoms with Crippen molar-refractivity contribution in [3.63, 3.8) is 0 Å². The van der Waals surface area contributed by atoms with Gasteiger partial charge in [-0.3, -0.25) is 14.5 Å². The molecule has 1 saturated heterocycles. The molecule has 1 aromatic rings. The zero-order chi connectivity index (χ0) is 21.2. The number of carbonyl (C=O) groups excluding carboxylic acids is 2. The molecule has 1 unspecified atom stereocenters. The monoisotopic (exact) mass is 406 g/mol. The number of nitrogens with zero attached hydrogens (tertiary/aromatic N) is 2. The minimum atomic E-state index is -0.284. The summed E-state index contributed by atoms with van der Waals surface area (Å²) in [4.78, 5) is 29.4. The predicted molar refractivity (Wildman–Crippen MR) is 112 cm³/mol. The molecular weight excluding hydrogens is 372 g/mol. The minimum Gasteiger partial charge on any atom is -0.493 e. The molecule has 1 heterocycles. The summed E-state index contributed by atoms with van der Waals surface area (Å²) < 4.78 is 16.0. The van der Waals surface area contributed by atoms with Gasteiger partial charge in [-0.05, 0) is 58.0 Å². The first-order chi connectivity index (χ1) is 14.0. The molecule has 0 aliphatic carbocycles. The van der Waals surface area contributed by atoms with Crippen molar-refractivity contribution >= 4 is 11.9 Å². The van der Waals surface area contributed by atoms with Crippen LogP contribution >= 0.6 is 0 Å². The molecule has 1 aromatic carbocycles. The van der Waals surface area contributed by atoms with Crippen LogP contribution in [0.2, 0.25) is 0 Å². The number of hydrogen-bond donors (Lipinski definition) is 0. The van der Waals surface area contributed by atoms with Crippen LogP contribution in [0.25, 0.3) is 0 Å². The number of ether oxygens (including phenoxy) is 3. The first-order valence-electron chi connectivity index (χ1n) is 10.5. The second kappa shape index (κ2) is 11.7. The average molecular weight is 407 g/mol. The molecule has 1 fully saturated rings. The topological polar surface area (TPSA) is 68.3 Å². The number of amides is 1. The van der Waals surface area contributed by atoms with E-state index in [-0.39, 0.29) is 18.3 Å². The highest BCUT2D eigenvalue weighted by molar-refractivity contribution is 5.95. The lowest BCUT2D eigenvalue weighted by molar-refractivity contribution is -0.143. The Hall–Kier alpha value is -2.28. The van der Waals surface area contributed by atoms with Crippen LogP contribution in [0, 0.1) is 0 Å². The number of hydrogen-bond acceptors (Lipinski definition) is 6. The van der Waals surface area contributed by atoms with E-state index >= 15 is 0 Å². The number of carbonyl (C=O) groups is 2. The second-order valence-corrected chi connectivity index (χ2v) is 7.03. The standard InChI is InChI=1S/C22H34N2O5/c1-5-23-13-8-9-18(23)16-24(14-12-21(25)29-7-3)22(26)17-10-11-19(27-4)20(15-17)28-6-2/h10-11,15,18H,5-9,12-14,16H2,1-4H3. The molecule has 2 rings (SSSR count). The second-order valence-electron chi connectivity index (χ2n) is 7.03. The lowest BCUT2D eigenvalue weighted by Gasteiger charge is -2.30. The van der Waals surface area contributed by atoms with Gasteiger partial charge in [0.1, 0.15) is 0 Å². The van der Waals surface area contributed by atoms with Crippen LogP contribution in [0.4, 0.5) is 0 Å². The molecule has 1 atom stereocenters. The maximum atomic E-state index is 13.3. The molecule has 0 aromatic heterocycles. The van der Waals surface area contributed by atoms with E-state index in [2.05, 4.69) is 11.8 Å². The molecule has 0 radical (unpaired) electrons. The first kappa shape index (κ1) is 23.0. The van der Waals surface area contributed by atoms with E-state index in [1.54, 1.807) is 37.1 Å². The van der Waals surface area contributed by atoms with Gasteiger partial charge in [0.2, 0.25) is 0 Å². The minimum absolute atomic E-state index is 0.110. The van der Waals surface area contributed by atoms with Gasteiger partial charge in [-0.2, -0.15) is 0 Å². The normalized spacial score (nSPS) is 16.5. The molecule has 0 N–H and O–H groups in total. The smallest absolute Gasteiger partial charge is 0.307 e. The highest BCUT2D eigenvalue weighted by Gasteiger charge is 2.28. The van der Waals surface area contributed by atoms with E-state index in [1.807, 2.05) is 6.92 Å². The van der Waals surface area contributed by atoms with Crippen LogP contribution in [-0.2, 0) is 9.53 Å². The number of methoxy groups -OCH3 is 1. The maximum Gasteiger partial charge on any atom is 0.307 e. The van der Waals surface area contributed by atoms with Crippen molar-refractivity contribution in [2.24, 2.45) is 0 Å². The molecule has 1 aliphatic heterocycles. The first-order valence-corrected chi connectivity index (χ1v) is 10.5. The fourth-order valence-electron chi connectivity index (χ4n) is 3.77. The Labute approximate surface area is 173 Å². The van der Waals surface area contributed by atoms with Crippen LogP contribution < -0.4 is 9.47 Å². The Bertz CT molecular complexity index is 679. The molecule has 1 aliphatic rings. The summed E-state index contributed by atoms with van der Waals surface area (Å²) in [5, 5.41) is 0. The molecular formula is C22H34N2O5. The van der Waals surface area contributed by atoms with Gasteiger partial charge in [0.15, 0.2) is 11.5 Å². The molecule has 0 saturated carbocycles. The van der Waals surface area contributed by atoms with Crippen LogP contribution in [0.1, 0.15) is 50.4 Å². The van der Waals surface area contributed by atoms with Crippen molar-refractivity contribution in [3.8, 4) is 11.5 Å². The summed E-state index contributed by atoms with van der Waals surface area (Å²) >= 11 is 0. The number of rotatable bonds is 11. The Morgan fingerprint density at radius 3 is 2.62 bits per heavy atom. The van der Waals surface area contributed by atoms with Gasteiger partial charge in [0, 0.05) is 24.7 Å². The van der Waals surface area contributed by atoms with Gasteiger partial charge in [-0.25, -0.2) is 0 Å². The SMILES string of the molecule is CCOC(=O)CCN(CC1CCCN1CC)C(=O)c1ccc(OC)c(OCC)c1. The van der Waals surface area contributed by atoms with Gasteiger partial charge < -0.3 is 19.1 Å². The van der Waals surface area contributed by atoms with Gasteiger partial charge in [-0.15, -0.1) is 0 Å². The largest absolute Gasteiger partial charge is 0.493 e. The van der Waals surface area contributed by atoms with Crippen molar-refractivity contribution in [2.75, 3.05) is 46.5 Å². The summed E-state index contributed by atoms with van der Waals surface area (Å²) in [6, 6.07) is 5.52. The zero-order valence-electron chi connectivity index (χ0n) is 18.1. The fraction of sp³-hybridized carbons (Fsp3) is 0.636. The van der Waals surface area contributed by atoms with Crippen LogP contribution in [0.15, 0.2) is 18.2 Å². The summed E-state index contributed by atoms with van der Waals surface area (Å²) in [6.45, 7) is 9.58.